The quantitative estimate of drug-likeness (QED) is 0.829. The summed E-state index contributed by atoms with van der Waals surface area (Å²) in [5.41, 5.74) is 6.47. The van der Waals surface area contributed by atoms with Crippen LogP contribution in [0.5, 0.6) is 0 Å². The zero-order chi connectivity index (χ0) is 18.7. The van der Waals surface area contributed by atoms with Crippen molar-refractivity contribution in [2.45, 2.75) is 44.8 Å². The largest absolute Gasteiger partial charge is 0.416 e. The number of halogens is 3. The molecule has 5 nitrogen and oxygen atoms in total. The monoisotopic (exact) mass is 365 g/mol. The van der Waals surface area contributed by atoms with E-state index in [1.54, 1.807) is 0 Å². The molecule has 1 saturated heterocycles. The average molecular weight is 365 g/mol. The van der Waals surface area contributed by atoms with Gasteiger partial charge in [0, 0.05) is 18.3 Å². The number of rotatable bonds is 4. The third-order valence-corrected chi connectivity index (χ3v) is 4.71. The molecule has 3 N–H and O–H groups in total. The Hall–Kier alpha value is -2.51. The number of aromatic nitrogens is 2. The third kappa shape index (κ3) is 3.84. The highest BCUT2D eigenvalue weighted by molar-refractivity contribution is 5.78. The van der Waals surface area contributed by atoms with Gasteiger partial charge in [0.15, 0.2) is 11.6 Å². The fourth-order valence-electron chi connectivity index (χ4n) is 3.30. The molecule has 1 fully saturated rings. The Kier molecular flexibility index (Phi) is 5.20. The van der Waals surface area contributed by atoms with Crippen LogP contribution in [0.25, 0.3) is 0 Å². The second-order valence-electron chi connectivity index (χ2n) is 6.41. The van der Waals surface area contributed by atoms with Crippen LogP contribution in [0.1, 0.15) is 38.2 Å². The number of benzene rings is 1. The van der Waals surface area contributed by atoms with Gasteiger partial charge in [-0.1, -0.05) is 6.92 Å². The molecule has 26 heavy (non-hydrogen) atoms. The van der Waals surface area contributed by atoms with Crippen molar-refractivity contribution in [2.75, 3.05) is 22.5 Å². The van der Waals surface area contributed by atoms with E-state index in [1.807, 2.05) is 0 Å². The molecule has 1 unspecified atom stereocenters. The Morgan fingerprint density at radius 1 is 1.19 bits per heavy atom. The number of hydrogen-bond acceptors (Lipinski definition) is 5. The molecule has 3 rings (SSSR count). The molecule has 0 saturated carbocycles. The van der Waals surface area contributed by atoms with Crippen LogP contribution in [-0.4, -0.2) is 22.6 Å². The molecule has 1 aromatic carbocycles. The van der Waals surface area contributed by atoms with E-state index in [9.17, 15) is 13.2 Å². The second kappa shape index (κ2) is 7.39. The van der Waals surface area contributed by atoms with E-state index in [0.29, 0.717) is 29.1 Å². The first-order valence-corrected chi connectivity index (χ1v) is 8.71. The molecule has 2 aromatic rings. The summed E-state index contributed by atoms with van der Waals surface area (Å²) in [4.78, 5) is 10.7. The summed E-state index contributed by atoms with van der Waals surface area (Å²) in [6.07, 6.45) is 1.45. The van der Waals surface area contributed by atoms with Crippen LogP contribution in [0.4, 0.5) is 36.2 Å². The Balaban J connectivity index is 1.83. The van der Waals surface area contributed by atoms with Crippen molar-refractivity contribution >= 4 is 23.0 Å². The highest BCUT2D eigenvalue weighted by Crippen LogP contribution is 2.34. The molecule has 140 valence electrons. The van der Waals surface area contributed by atoms with E-state index in [4.69, 9.17) is 5.73 Å². The first kappa shape index (κ1) is 18.3. The number of nitrogens with zero attached hydrogens (tertiary/aromatic N) is 3. The molecule has 1 aromatic heterocycles. The summed E-state index contributed by atoms with van der Waals surface area (Å²) in [7, 11) is 0. The Bertz CT molecular complexity index is 745. The summed E-state index contributed by atoms with van der Waals surface area (Å²) in [5.74, 6) is 1.08. The maximum atomic E-state index is 12.7. The summed E-state index contributed by atoms with van der Waals surface area (Å²) in [6.45, 7) is 3.03. The minimum Gasteiger partial charge on any atom is -0.393 e. The van der Waals surface area contributed by atoms with E-state index in [-0.39, 0.29) is 0 Å². The molecular weight excluding hydrogens is 343 g/mol. The maximum absolute atomic E-state index is 12.7. The first-order valence-electron chi connectivity index (χ1n) is 8.71. The summed E-state index contributed by atoms with van der Waals surface area (Å²) in [6, 6.07) is 5.16. The molecule has 0 bridgehead atoms. The zero-order valence-corrected chi connectivity index (χ0v) is 14.6. The van der Waals surface area contributed by atoms with Crippen molar-refractivity contribution in [3.05, 3.63) is 36.2 Å². The SMILES string of the molecule is CCC1CCCCN1c1ncnc(Nc2ccc(C(F)(F)F)cc2)c1N. The molecule has 0 amide bonds. The Labute approximate surface area is 150 Å². The highest BCUT2D eigenvalue weighted by atomic mass is 19.4. The van der Waals surface area contributed by atoms with Crippen LogP contribution in [-0.2, 0) is 6.18 Å². The lowest BCUT2D eigenvalue weighted by atomic mass is 10.00. The molecule has 0 aliphatic carbocycles. The second-order valence-corrected chi connectivity index (χ2v) is 6.41. The molecular formula is C18H22F3N5. The third-order valence-electron chi connectivity index (χ3n) is 4.71. The molecule has 0 radical (unpaired) electrons. The number of nitrogens with one attached hydrogen (secondary N) is 1. The fourth-order valence-corrected chi connectivity index (χ4v) is 3.30. The van der Waals surface area contributed by atoms with Gasteiger partial charge in [0.1, 0.15) is 12.0 Å². The van der Waals surface area contributed by atoms with Gasteiger partial charge in [-0.3, -0.25) is 0 Å². The molecule has 8 heteroatoms. The van der Waals surface area contributed by atoms with Crippen LogP contribution >= 0.6 is 0 Å². The normalized spacial score (nSPS) is 18.0. The van der Waals surface area contributed by atoms with Gasteiger partial charge in [-0.15, -0.1) is 0 Å². The van der Waals surface area contributed by atoms with Gasteiger partial charge >= 0.3 is 6.18 Å². The van der Waals surface area contributed by atoms with Gasteiger partial charge in [-0.25, -0.2) is 9.97 Å². The van der Waals surface area contributed by atoms with Crippen molar-refractivity contribution in [1.82, 2.24) is 9.97 Å². The van der Waals surface area contributed by atoms with Gasteiger partial charge in [-0.05, 0) is 49.9 Å². The van der Waals surface area contributed by atoms with E-state index < -0.39 is 11.7 Å². The Morgan fingerprint density at radius 3 is 2.58 bits per heavy atom. The summed E-state index contributed by atoms with van der Waals surface area (Å²) >= 11 is 0. The lowest BCUT2D eigenvalue weighted by Gasteiger charge is -2.36. The number of piperidine rings is 1. The highest BCUT2D eigenvalue weighted by Gasteiger charge is 2.30. The number of anilines is 4. The van der Waals surface area contributed by atoms with Gasteiger partial charge in [0.25, 0.3) is 0 Å². The van der Waals surface area contributed by atoms with Crippen molar-refractivity contribution < 1.29 is 13.2 Å². The molecule has 1 atom stereocenters. The van der Waals surface area contributed by atoms with Crippen LogP contribution in [0.2, 0.25) is 0 Å². The topological polar surface area (TPSA) is 67.1 Å². The maximum Gasteiger partial charge on any atom is 0.416 e. The van der Waals surface area contributed by atoms with Crippen molar-refractivity contribution in [3.8, 4) is 0 Å². The lowest BCUT2D eigenvalue weighted by Crippen LogP contribution is -2.40. The van der Waals surface area contributed by atoms with E-state index in [1.165, 1.54) is 24.9 Å². The van der Waals surface area contributed by atoms with Gasteiger partial charge < -0.3 is 16.0 Å². The number of alkyl halides is 3. The average Bonchev–Trinajstić information content (AvgIpc) is 2.63. The van der Waals surface area contributed by atoms with Crippen molar-refractivity contribution in [1.29, 1.82) is 0 Å². The number of nitrogen functional groups attached to an aromatic ring is 1. The molecule has 1 aliphatic heterocycles. The molecule has 2 heterocycles. The smallest absolute Gasteiger partial charge is 0.393 e. The standard InChI is InChI=1S/C18H22F3N5/c1-2-14-5-3-4-10-26(14)17-15(22)16(23-11-24-17)25-13-8-6-12(7-9-13)18(19,20)21/h6-9,11,14H,2-5,10,22H2,1H3,(H,23,24,25). The van der Waals surface area contributed by atoms with Gasteiger partial charge in [0.2, 0.25) is 0 Å². The van der Waals surface area contributed by atoms with Crippen molar-refractivity contribution in [2.24, 2.45) is 0 Å². The van der Waals surface area contributed by atoms with Crippen molar-refractivity contribution in [3.63, 3.8) is 0 Å². The van der Waals surface area contributed by atoms with Crippen LogP contribution in [0.15, 0.2) is 30.6 Å². The zero-order valence-electron chi connectivity index (χ0n) is 14.6. The fraction of sp³-hybridized carbons (Fsp3) is 0.444. The Morgan fingerprint density at radius 2 is 1.92 bits per heavy atom. The molecule has 0 spiro atoms. The molecule has 1 aliphatic rings. The first-order chi connectivity index (χ1) is 12.4. The predicted molar refractivity (Wildman–Crippen MR) is 96.4 cm³/mol. The van der Waals surface area contributed by atoms with Gasteiger partial charge in [0.05, 0.1) is 5.56 Å². The number of nitrogens with two attached hydrogens (primary N) is 1. The minimum absolute atomic E-state index is 0.389. The van der Waals surface area contributed by atoms with Crippen LogP contribution in [0, 0.1) is 0 Å². The van der Waals surface area contributed by atoms with Crippen LogP contribution < -0.4 is 16.0 Å². The van der Waals surface area contributed by atoms with Crippen LogP contribution in [0.3, 0.4) is 0 Å². The summed E-state index contributed by atoms with van der Waals surface area (Å²) in [5, 5.41) is 2.99. The lowest BCUT2D eigenvalue weighted by molar-refractivity contribution is -0.137. The summed E-state index contributed by atoms with van der Waals surface area (Å²) < 4.78 is 38.0. The van der Waals surface area contributed by atoms with E-state index in [2.05, 4.69) is 27.1 Å². The number of hydrogen-bond donors (Lipinski definition) is 2. The van der Waals surface area contributed by atoms with Gasteiger partial charge in [-0.2, -0.15) is 13.2 Å². The predicted octanol–water partition coefficient (Wildman–Crippen LogP) is 4.59. The minimum atomic E-state index is -4.36. The van der Waals surface area contributed by atoms with E-state index >= 15 is 0 Å². The van der Waals surface area contributed by atoms with E-state index in [0.717, 1.165) is 37.9 Å².